The van der Waals surface area contributed by atoms with E-state index in [0.29, 0.717) is 5.69 Å². The summed E-state index contributed by atoms with van der Waals surface area (Å²) in [5, 5.41) is 0. The van der Waals surface area contributed by atoms with Crippen LogP contribution in [0.5, 0.6) is 0 Å². The summed E-state index contributed by atoms with van der Waals surface area (Å²) in [5.74, 6) is -0.637. The number of rotatable bonds is 33. The average molecular weight is 678 g/mol. The first-order chi connectivity index (χ1) is 23.4. The number of unbranched alkanes of at least 4 members (excludes halogenated alkanes) is 20. The molecule has 0 radical (unpaired) electrons. The van der Waals surface area contributed by atoms with Gasteiger partial charge in [-0.05, 0) is 31.4 Å². The van der Waals surface area contributed by atoms with Gasteiger partial charge >= 0.3 is 0 Å². The van der Waals surface area contributed by atoms with Gasteiger partial charge < -0.3 is 0 Å². The Morgan fingerprint density at radius 1 is 0.417 bits per heavy atom. The lowest BCUT2D eigenvalue weighted by molar-refractivity contribution is -0.834. The lowest BCUT2D eigenvalue weighted by Gasteiger charge is -2.41. The Labute approximate surface area is 301 Å². The molecule has 284 valence electrons. The molecule has 0 heterocycles. The molecule has 1 nitrogen and oxygen atoms in total. The smallest absolute Gasteiger partial charge is 0.183 e. The van der Waals surface area contributed by atoms with Crippen LogP contribution < -0.4 is 4.90 Å². The molecule has 1 aromatic carbocycles. The Hall–Kier alpha value is -0.895. The lowest BCUT2D eigenvalue weighted by Crippen LogP contribution is -3.07. The van der Waals surface area contributed by atoms with Crippen molar-refractivity contribution in [1.29, 1.82) is 0 Å². The minimum Gasteiger partial charge on any atom is -0.300 e. The van der Waals surface area contributed by atoms with E-state index in [2.05, 4.69) is 41.5 Å². The maximum Gasteiger partial charge on any atom is 0.183 e. The van der Waals surface area contributed by atoms with E-state index in [4.69, 9.17) is 0 Å². The first-order valence-electron chi connectivity index (χ1n) is 21.9. The van der Waals surface area contributed by atoms with E-state index >= 15 is 0 Å². The van der Waals surface area contributed by atoms with Crippen LogP contribution in [0.1, 0.15) is 208 Å². The van der Waals surface area contributed by atoms with E-state index in [-0.39, 0.29) is 17.8 Å². The molecule has 0 aromatic heterocycles. The predicted molar refractivity (Wildman–Crippen MR) is 216 cm³/mol. The highest BCUT2D eigenvalue weighted by molar-refractivity contribution is 6.79. The molecule has 1 unspecified atom stereocenters. The molecule has 48 heavy (non-hydrogen) atoms. The number of hydrogen-bond acceptors (Lipinski definition) is 0. The Morgan fingerprint density at radius 3 is 1.12 bits per heavy atom. The van der Waals surface area contributed by atoms with Crippen molar-refractivity contribution in [3.63, 3.8) is 0 Å². The maximum atomic E-state index is 13.8. The van der Waals surface area contributed by atoms with E-state index in [1.165, 1.54) is 166 Å². The fourth-order valence-electron chi connectivity index (χ4n) is 7.91. The first-order valence-corrected chi connectivity index (χ1v) is 21.9. The summed E-state index contributed by atoms with van der Waals surface area (Å²) in [6.07, 6.45) is 42.4. The summed E-state index contributed by atoms with van der Waals surface area (Å²) in [5.41, 5.74) is 0.491. The van der Waals surface area contributed by atoms with Gasteiger partial charge in [-0.1, -0.05) is 189 Å². The van der Waals surface area contributed by atoms with E-state index < -0.39 is 0 Å². The lowest BCUT2D eigenvalue weighted by atomic mass is 9.17. The van der Waals surface area contributed by atoms with Crippen molar-refractivity contribution in [2.24, 2.45) is 0 Å². The van der Waals surface area contributed by atoms with Crippen molar-refractivity contribution in [2.75, 3.05) is 13.1 Å². The number of nitrogens with one attached hydrogen (secondary N) is 1. The van der Waals surface area contributed by atoms with Crippen molar-refractivity contribution in [1.82, 2.24) is 0 Å². The summed E-state index contributed by atoms with van der Waals surface area (Å²) in [4.78, 5) is 1.08. The maximum absolute atomic E-state index is 13.8. The molecule has 1 aromatic rings. The molecule has 0 aliphatic rings. The van der Waals surface area contributed by atoms with Crippen LogP contribution >= 0.6 is 0 Å². The van der Waals surface area contributed by atoms with E-state index in [1.54, 1.807) is 25.3 Å². The van der Waals surface area contributed by atoms with Gasteiger partial charge in [0, 0.05) is 12.2 Å². The minimum absolute atomic E-state index is 0.0861. The van der Waals surface area contributed by atoms with Crippen LogP contribution in [0.2, 0.25) is 25.3 Å². The standard InChI is InChI=1S/C28H60B.C16H25F2N/c1-5-9-13-17-21-25-29(26-22-18-14-10-6-2,27-23-19-15-11-7-3)28-24-20-16-12-8-4;1-3-5-7-8-12-19(11-6-4-2)16-13-14(17)9-10-15(16)18/h5-28H2,1-4H3;9-10,13H,3-8,11-12H2,1-2H3/q-1;/p+1. The number of quaternary nitrogens is 1. The van der Waals surface area contributed by atoms with Crippen molar-refractivity contribution in [2.45, 2.75) is 234 Å². The highest BCUT2D eigenvalue weighted by atomic mass is 19.1. The molecule has 0 aliphatic carbocycles. The van der Waals surface area contributed by atoms with Gasteiger partial charge in [0.15, 0.2) is 11.5 Å². The summed E-state index contributed by atoms with van der Waals surface area (Å²) in [6, 6.07) is 3.77. The SMILES string of the molecule is CCCCCCC[B-](CCCCCCC)(CCCCCCC)CCCCCCC.CCCCCC[NH+](CCCC)c1cc(F)ccc1F. The monoisotopic (exact) mass is 678 g/mol. The average Bonchev–Trinajstić information content (AvgIpc) is 3.09. The van der Waals surface area contributed by atoms with Crippen LogP contribution in [0.15, 0.2) is 18.2 Å². The zero-order valence-electron chi connectivity index (χ0n) is 33.7. The van der Waals surface area contributed by atoms with E-state index in [0.717, 1.165) is 37.3 Å². The third-order valence-electron chi connectivity index (χ3n) is 11.2. The topological polar surface area (TPSA) is 4.44 Å². The molecule has 0 saturated carbocycles. The molecule has 1 atom stereocenters. The Balaban J connectivity index is 0.00000100. The van der Waals surface area contributed by atoms with Crippen LogP contribution in [0.4, 0.5) is 14.5 Å². The summed E-state index contributed by atoms with van der Waals surface area (Å²) in [7, 11) is 0. The molecule has 1 rings (SSSR count). The van der Waals surface area contributed by atoms with Crippen LogP contribution in [0, 0.1) is 11.6 Å². The summed E-state index contributed by atoms with van der Waals surface area (Å²) in [6.45, 7) is 15.4. The van der Waals surface area contributed by atoms with Gasteiger partial charge in [0.25, 0.3) is 0 Å². The molecular weight excluding hydrogens is 591 g/mol. The van der Waals surface area contributed by atoms with Crippen molar-refractivity contribution < 1.29 is 13.7 Å². The molecule has 0 bridgehead atoms. The summed E-state index contributed by atoms with van der Waals surface area (Å²) >= 11 is 0. The molecule has 0 spiro atoms. The molecule has 0 fully saturated rings. The fourth-order valence-corrected chi connectivity index (χ4v) is 7.91. The van der Waals surface area contributed by atoms with Crippen LogP contribution in [0.3, 0.4) is 0 Å². The largest absolute Gasteiger partial charge is 0.300 e. The van der Waals surface area contributed by atoms with E-state index in [9.17, 15) is 8.78 Å². The van der Waals surface area contributed by atoms with Crippen molar-refractivity contribution in [3.05, 3.63) is 29.8 Å². The number of halogens is 2. The van der Waals surface area contributed by atoms with Gasteiger partial charge in [0.1, 0.15) is 5.82 Å². The fraction of sp³-hybridized carbons (Fsp3) is 0.864. The van der Waals surface area contributed by atoms with Gasteiger partial charge in [0.05, 0.1) is 13.1 Å². The Morgan fingerprint density at radius 2 is 0.750 bits per heavy atom. The minimum atomic E-state index is -0.348. The van der Waals surface area contributed by atoms with Gasteiger partial charge in [0.2, 0.25) is 0 Å². The third kappa shape index (κ3) is 26.0. The normalized spacial score (nSPS) is 12.2. The zero-order valence-corrected chi connectivity index (χ0v) is 33.7. The Bertz CT molecular complexity index is 739. The quantitative estimate of drug-likeness (QED) is 0.0558. The number of benzene rings is 1. The first kappa shape index (κ1) is 47.1. The molecule has 0 saturated heterocycles. The third-order valence-corrected chi connectivity index (χ3v) is 11.2. The molecule has 0 amide bonds. The number of hydrogen-bond donors (Lipinski definition) is 1. The molecular formula is C44H86BF2N. The zero-order chi connectivity index (χ0) is 35.6. The van der Waals surface area contributed by atoms with Crippen molar-refractivity contribution in [3.8, 4) is 0 Å². The van der Waals surface area contributed by atoms with Gasteiger partial charge in [-0.3, -0.25) is 4.90 Å². The molecule has 1 N–H and O–H groups in total. The van der Waals surface area contributed by atoms with Crippen LogP contribution in [-0.4, -0.2) is 19.2 Å². The van der Waals surface area contributed by atoms with Gasteiger partial charge in [-0.15, -0.1) is 0 Å². The van der Waals surface area contributed by atoms with Crippen LogP contribution in [0.25, 0.3) is 0 Å². The van der Waals surface area contributed by atoms with Crippen LogP contribution in [-0.2, 0) is 0 Å². The second-order valence-corrected chi connectivity index (χ2v) is 15.7. The van der Waals surface area contributed by atoms with Gasteiger partial charge in [-0.25, -0.2) is 8.78 Å². The highest BCUT2D eigenvalue weighted by Crippen LogP contribution is 2.35. The predicted octanol–water partition coefficient (Wildman–Crippen LogP) is 15.2. The van der Waals surface area contributed by atoms with Crippen molar-refractivity contribution >= 4 is 11.8 Å². The summed E-state index contributed by atoms with van der Waals surface area (Å²) < 4.78 is 27.1. The molecule has 4 heteroatoms. The van der Waals surface area contributed by atoms with Gasteiger partial charge in [-0.2, -0.15) is 25.3 Å². The highest BCUT2D eigenvalue weighted by Gasteiger charge is 2.23. The Kier molecular flexibility index (Phi) is 33.9. The van der Waals surface area contributed by atoms with E-state index in [1.807, 2.05) is 0 Å². The molecule has 0 aliphatic heterocycles. The second-order valence-electron chi connectivity index (χ2n) is 15.7. The second kappa shape index (κ2) is 34.5.